The van der Waals surface area contributed by atoms with Crippen LogP contribution in [0.2, 0.25) is 0 Å². The molecule has 1 aromatic heterocycles. The van der Waals surface area contributed by atoms with Gasteiger partial charge in [-0.2, -0.15) is 0 Å². The number of carbonyl (C=O) groups excluding carboxylic acids is 1. The Bertz CT molecular complexity index is 963. The molecule has 2 N–H and O–H groups in total. The number of aromatic nitrogens is 1. The molecule has 0 saturated carbocycles. The maximum absolute atomic E-state index is 13.3. The highest BCUT2D eigenvalue weighted by atomic mass is 79.9. The van der Waals surface area contributed by atoms with Gasteiger partial charge in [-0.25, -0.2) is 0 Å². The van der Waals surface area contributed by atoms with Gasteiger partial charge < -0.3 is 19.7 Å². The number of ether oxygens (including phenoxy) is 1. The van der Waals surface area contributed by atoms with Crippen molar-refractivity contribution in [1.82, 2.24) is 9.88 Å². The van der Waals surface area contributed by atoms with Crippen molar-refractivity contribution in [3.8, 4) is 5.75 Å². The van der Waals surface area contributed by atoms with Crippen molar-refractivity contribution in [2.45, 2.75) is 25.5 Å². The first-order valence-electron chi connectivity index (χ1n) is 9.07. The molecule has 1 aliphatic heterocycles. The number of benzene rings is 2. The van der Waals surface area contributed by atoms with E-state index in [0.29, 0.717) is 18.8 Å². The van der Waals surface area contributed by atoms with E-state index < -0.39 is 0 Å². The summed E-state index contributed by atoms with van der Waals surface area (Å²) in [5.41, 5.74) is 2.17. The molecule has 1 atom stereocenters. The van der Waals surface area contributed by atoms with E-state index in [1.165, 1.54) is 0 Å². The monoisotopic (exact) mass is 428 g/mol. The Labute approximate surface area is 166 Å². The number of H-pyrrole nitrogens is 1. The largest absolute Gasteiger partial charge is 0.508 e. The number of carbonyl (C=O) groups is 1. The van der Waals surface area contributed by atoms with Crippen LogP contribution in [0.15, 0.2) is 53.0 Å². The molecule has 6 heteroatoms. The van der Waals surface area contributed by atoms with Crippen LogP contribution in [-0.4, -0.2) is 40.2 Å². The average Bonchev–Trinajstić information content (AvgIpc) is 3.32. The maximum atomic E-state index is 13.3. The molecule has 1 saturated heterocycles. The third-order valence-corrected chi connectivity index (χ3v) is 5.62. The lowest BCUT2D eigenvalue weighted by molar-refractivity contribution is 0.0502. The fourth-order valence-corrected chi connectivity index (χ4v) is 3.99. The standard InChI is InChI=1S/C21H21BrN2O3/c22-17-7-3-8-18-16(17)11-19(23-18)21(26)24(13-15-6-4-10-27-15)12-14-5-1-2-9-20(14)25/h1-3,5,7-9,11,15,23,25H,4,6,10,12-13H2/t15-/m0/s1. The van der Waals surface area contributed by atoms with Crippen molar-refractivity contribution in [2.24, 2.45) is 0 Å². The predicted octanol–water partition coefficient (Wildman–Crippen LogP) is 4.46. The summed E-state index contributed by atoms with van der Waals surface area (Å²) in [4.78, 5) is 18.2. The molecule has 1 fully saturated rings. The van der Waals surface area contributed by atoms with Crippen molar-refractivity contribution in [1.29, 1.82) is 0 Å². The summed E-state index contributed by atoms with van der Waals surface area (Å²) >= 11 is 3.53. The molecule has 2 heterocycles. The average molecular weight is 429 g/mol. The van der Waals surface area contributed by atoms with Crippen LogP contribution >= 0.6 is 15.9 Å². The first-order chi connectivity index (χ1) is 13.1. The minimum Gasteiger partial charge on any atom is -0.508 e. The molecule has 3 aromatic rings. The Hall–Kier alpha value is -2.31. The van der Waals surface area contributed by atoms with Crippen molar-refractivity contribution in [3.63, 3.8) is 0 Å². The Balaban J connectivity index is 1.64. The van der Waals surface area contributed by atoms with Gasteiger partial charge in [-0.3, -0.25) is 4.79 Å². The zero-order chi connectivity index (χ0) is 18.8. The minimum atomic E-state index is -0.100. The summed E-state index contributed by atoms with van der Waals surface area (Å²) in [5.74, 6) is 0.0962. The number of para-hydroxylation sites is 1. The molecule has 140 valence electrons. The van der Waals surface area contributed by atoms with E-state index in [1.807, 2.05) is 36.4 Å². The number of halogens is 1. The molecule has 5 nitrogen and oxygen atoms in total. The van der Waals surface area contributed by atoms with Crippen LogP contribution in [0.1, 0.15) is 28.9 Å². The number of nitrogens with zero attached hydrogens (tertiary/aromatic N) is 1. The van der Waals surface area contributed by atoms with Gasteiger partial charge in [0.1, 0.15) is 11.4 Å². The van der Waals surface area contributed by atoms with Crippen molar-refractivity contribution < 1.29 is 14.6 Å². The quantitative estimate of drug-likeness (QED) is 0.630. The second-order valence-corrected chi connectivity index (χ2v) is 7.69. The summed E-state index contributed by atoms with van der Waals surface area (Å²) in [6.07, 6.45) is 2.00. The van der Waals surface area contributed by atoms with Crippen LogP contribution in [0.3, 0.4) is 0 Å². The topological polar surface area (TPSA) is 65.6 Å². The fraction of sp³-hybridized carbons (Fsp3) is 0.286. The molecule has 4 rings (SSSR count). The number of amides is 1. The van der Waals surface area contributed by atoms with E-state index in [2.05, 4.69) is 20.9 Å². The number of aromatic hydroxyl groups is 1. The number of hydrogen-bond acceptors (Lipinski definition) is 3. The Kier molecular flexibility index (Phi) is 5.18. The first kappa shape index (κ1) is 18.1. The van der Waals surface area contributed by atoms with Gasteiger partial charge in [-0.1, -0.05) is 40.2 Å². The highest BCUT2D eigenvalue weighted by Gasteiger charge is 2.25. The lowest BCUT2D eigenvalue weighted by atomic mass is 10.1. The van der Waals surface area contributed by atoms with Crippen LogP contribution in [0.4, 0.5) is 0 Å². The molecule has 2 aromatic carbocycles. The molecule has 27 heavy (non-hydrogen) atoms. The van der Waals surface area contributed by atoms with Crippen LogP contribution < -0.4 is 0 Å². The highest BCUT2D eigenvalue weighted by Crippen LogP contribution is 2.26. The molecule has 0 unspecified atom stereocenters. The molecular formula is C21H21BrN2O3. The van der Waals surface area contributed by atoms with Crippen LogP contribution in [0.25, 0.3) is 10.9 Å². The van der Waals surface area contributed by atoms with Gasteiger partial charge in [-0.05, 0) is 37.1 Å². The molecule has 0 radical (unpaired) electrons. The number of phenols is 1. The van der Waals surface area contributed by atoms with Crippen LogP contribution in [0, 0.1) is 0 Å². The Morgan fingerprint density at radius 3 is 2.85 bits per heavy atom. The van der Waals surface area contributed by atoms with E-state index in [9.17, 15) is 9.90 Å². The SMILES string of the molecule is O=C(c1cc2c(Br)cccc2[nH]1)N(Cc1ccccc1O)C[C@@H]1CCCO1. The van der Waals surface area contributed by atoms with Gasteiger partial charge >= 0.3 is 0 Å². The normalized spacial score (nSPS) is 16.7. The van der Waals surface area contributed by atoms with E-state index in [4.69, 9.17) is 4.74 Å². The lowest BCUT2D eigenvalue weighted by Crippen LogP contribution is -2.37. The smallest absolute Gasteiger partial charge is 0.270 e. The molecular weight excluding hydrogens is 408 g/mol. The Morgan fingerprint density at radius 1 is 1.26 bits per heavy atom. The first-order valence-corrected chi connectivity index (χ1v) is 9.86. The van der Waals surface area contributed by atoms with E-state index in [1.54, 1.807) is 17.0 Å². The fourth-order valence-electron chi connectivity index (χ4n) is 3.51. The summed E-state index contributed by atoms with van der Waals surface area (Å²) in [6, 6.07) is 14.8. The summed E-state index contributed by atoms with van der Waals surface area (Å²) < 4.78 is 6.69. The van der Waals surface area contributed by atoms with Crippen molar-refractivity contribution in [3.05, 3.63) is 64.3 Å². The molecule has 1 amide bonds. The minimum absolute atomic E-state index is 0.0379. The summed E-state index contributed by atoms with van der Waals surface area (Å²) in [6.45, 7) is 1.58. The van der Waals surface area contributed by atoms with E-state index >= 15 is 0 Å². The van der Waals surface area contributed by atoms with Gasteiger partial charge in [-0.15, -0.1) is 0 Å². The van der Waals surface area contributed by atoms with Gasteiger partial charge in [0.05, 0.1) is 6.10 Å². The van der Waals surface area contributed by atoms with Gasteiger partial charge in [0.15, 0.2) is 0 Å². The second-order valence-electron chi connectivity index (χ2n) is 6.83. The molecule has 0 spiro atoms. The lowest BCUT2D eigenvalue weighted by Gasteiger charge is -2.25. The number of hydrogen-bond donors (Lipinski definition) is 2. The molecule has 0 aliphatic carbocycles. The van der Waals surface area contributed by atoms with Crippen molar-refractivity contribution in [2.75, 3.05) is 13.2 Å². The third kappa shape index (κ3) is 3.87. The maximum Gasteiger partial charge on any atom is 0.270 e. The Morgan fingerprint density at radius 2 is 2.11 bits per heavy atom. The number of nitrogens with one attached hydrogen (secondary N) is 1. The zero-order valence-electron chi connectivity index (χ0n) is 14.8. The van der Waals surface area contributed by atoms with Gasteiger partial charge in [0.2, 0.25) is 0 Å². The molecule has 0 bridgehead atoms. The number of phenolic OH excluding ortho intramolecular Hbond substituents is 1. The van der Waals surface area contributed by atoms with Crippen LogP contribution in [-0.2, 0) is 11.3 Å². The van der Waals surface area contributed by atoms with E-state index in [0.717, 1.165) is 40.4 Å². The molecule has 1 aliphatic rings. The van der Waals surface area contributed by atoms with Crippen LogP contribution in [0.5, 0.6) is 5.75 Å². The third-order valence-electron chi connectivity index (χ3n) is 4.93. The summed E-state index contributed by atoms with van der Waals surface area (Å²) in [7, 11) is 0. The van der Waals surface area contributed by atoms with Gasteiger partial charge in [0.25, 0.3) is 5.91 Å². The highest BCUT2D eigenvalue weighted by molar-refractivity contribution is 9.10. The van der Waals surface area contributed by atoms with Gasteiger partial charge in [0, 0.05) is 40.6 Å². The van der Waals surface area contributed by atoms with Crippen molar-refractivity contribution >= 4 is 32.7 Å². The number of rotatable bonds is 5. The predicted molar refractivity (Wildman–Crippen MR) is 108 cm³/mol. The summed E-state index contributed by atoms with van der Waals surface area (Å²) in [5, 5.41) is 11.1. The van der Waals surface area contributed by atoms with E-state index in [-0.39, 0.29) is 17.8 Å². The second kappa shape index (κ2) is 7.74. The number of fused-ring (bicyclic) bond motifs is 1. The number of aromatic amines is 1. The zero-order valence-corrected chi connectivity index (χ0v) is 16.4.